The van der Waals surface area contributed by atoms with Crippen LogP contribution in [-0.4, -0.2) is 11.1 Å². The van der Waals surface area contributed by atoms with Gasteiger partial charge in [0.15, 0.2) is 0 Å². The second kappa shape index (κ2) is 4.67. The summed E-state index contributed by atoms with van der Waals surface area (Å²) in [5.74, 6) is -0.939. The molecule has 0 aliphatic carbocycles. The summed E-state index contributed by atoms with van der Waals surface area (Å²) in [6.07, 6.45) is 2.54. The number of carboxylic acids is 1. The Hall–Kier alpha value is -1.29. The minimum Gasteiger partial charge on any atom is -0.478 e. The molecule has 0 amide bonds. The molecule has 0 saturated heterocycles. The van der Waals surface area contributed by atoms with E-state index in [1.807, 2.05) is 24.4 Å². The summed E-state index contributed by atoms with van der Waals surface area (Å²) in [7, 11) is 0. The highest BCUT2D eigenvalue weighted by Gasteiger charge is 2.02. The summed E-state index contributed by atoms with van der Waals surface area (Å²) >= 11 is 1.65. The molecule has 4 heteroatoms. The fourth-order valence-corrected chi connectivity index (χ4v) is 1.63. The molecule has 0 radical (unpaired) electrons. The van der Waals surface area contributed by atoms with E-state index in [9.17, 15) is 4.79 Å². The standard InChI is InChI=1S/C9H11NO2S/c1-7(8-3-2-6-13-8)10-5-4-9(11)12/h2-7,10H,1H3,(H,11,12)/b5-4+/t7-/m0/s1. The molecule has 1 aromatic rings. The first-order valence-electron chi connectivity index (χ1n) is 3.89. The Labute approximate surface area is 80.7 Å². The Morgan fingerprint density at radius 2 is 2.54 bits per heavy atom. The highest BCUT2D eigenvalue weighted by molar-refractivity contribution is 7.10. The van der Waals surface area contributed by atoms with Crippen molar-refractivity contribution >= 4 is 17.3 Å². The number of rotatable bonds is 4. The molecule has 13 heavy (non-hydrogen) atoms. The van der Waals surface area contributed by atoms with Crippen molar-refractivity contribution in [3.63, 3.8) is 0 Å². The molecule has 1 aromatic heterocycles. The zero-order chi connectivity index (χ0) is 9.68. The van der Waals surface area contributed by atoms with Crippen LogP contribution in [0.15, 0.2) is 29.8 Å². The van der Waals surface area contributed by atoms with E-state index in [4.69, 9.17) is 5.11 Å². The second-order valence-electron chi connectivity index (χ2n) is 2.58. The maximum absolute atomic E-state index is 10.1. The van der Waals surface area contributed by atoms with Gasteiger partial charge < -0.3 is 10.4 Å². The van der Waals surface area contributed by atoms with Gasteiger partial charge >= 0.3 is 5.97 Å². The van der Waals surface area contributed by atoms with Crippen LogP contribution in [-0.2, 0) is 4.79 Å². The van der Waals surface area contributed by atoms with Gasteiger partial charge in [-0.05, 0) is 18.4 Å². The Morgan fingerprint density at radius 3 is 3.08 bits per heavy atom. The first kappa shape index (κ1) is 9.80. The molecule has 2 N–H and O–H groups in total. The quantitative estimate of drug-likeness (QED) is 0.726. The van der Waals surface area contributed by atoms with Crippen LogP contribution in [0.2, 0.25) is 0 Å². The van der Waals surface area contributed by atoms with Crippen molar-refractivity contribution in [2.45, 2.75) is 13.0 Å². The Balaban J connectivity index is 2.43. The van der Waals surface area contributed by atoms with Gasteiger partial charge in [-0.25, -0.2) is 4.79 Å². The molecule has 70 valence electrons. The van der Waals surface area contributed by atoms with E-state index in [-0.39, 0.29) is 6.04 Å². The Kier molecular flexibility index (Phi) is 3.52. The number of nitrogens with one attached hydrogen (secondary N) is 1. The highest BCUT2D eigenvalue weighted by atomic mass is 32.1. The predicted octanol–water partition coefficient (Wildman–Crippen LogP) is 2.00. The zero-order valence-corrected chi connectivity index (χ0v) is 8.04. The molecule has 0 aliphatic rings. The van der Waals surface area contributed by atoms with Crippen molar-refractivity contribution in [1.29, 1.82) is 0 Å². The van der Waals surface area contributed by atoms with Crippen molar-refractivity contribution in [3.05, 3.63) is 34.7 Å². The van der Waals surface area contributed by atoms with Crippen molar-refractivity contribution < 1.29 is 9.90 Å². The largest absolute Gasteiger partial charge is 0.478 e. The molecule has 1 heterocycles. The fraction of sp³-hybridized carbons (Fsp3) is 0.222. The van der Waals surface area contributed by atoms with Crippen LogP contribution in [0.4, 0.5) is 0 Å². The maximum Gasteiger partial charge on any atom is 0.329 e. The maximum atomic E-state index is 10.1. The molecule has 0 unspecified atom stereocenters. The third kappa shape index (κ3) is 3.29. The lowest BCUT2D eigenvalue weighted by Crippen LogP contribution is -2.10. The van der Waals surface area contributed by atoms with Gasteiger partial charge in [-0.3, -0.25) is 0 Å². The van der Waals surface area contributed by atoms with Gasteiger partial charge in [-0.2, -0.15) is 0 Å². The van der Waals surface area contributed by atoms with Crippen LogP contribution in [0.1, 0.15) is 17.8 Å². The van der Waals surface area contributed by atoms with Crippen molar-refractivity contribution in [1.82, 2.24) is 5.32 Å². The minimum atomic E-state index is -0.939. The molecular weight excluding hydrogens is 186 g/mol. The van der Waals surface area contributed by atoms with Crippen LogP contribution in [0, 0.1) is 0 Å². The monoisotopic (exact) mass is 197 g/mol. The van der Waals surface area contributed by atoms with E-state index >= 15 is 0 Å². The van der Waals surface area contributed by atoms with Crippen LogP contribution in [0.25, 0.3) is 0 Å². The van der Waals surface area contributed by atoms with Gasteiger partial charge in [0.05, 0.1) is 6.04 Å². The summed E-state index contributed by atoms with van der Waals surface area (Å²) in [4.78, 5) is 11.3. The summed E-state index contributed by atoms with van der Waals surface area (Å²) in [5, 5.41) is 13.3. The summed E-state index contributed by atoms with van der Waals surface area (Å²) in [6, 6.07) is 4.14. The second-order valence-corrected chi connectivity index (χ2v) is 3.55. The minimum absolute atomic E-state index is 0.163. The topological polar surface area (TPSA) is 49.3 Å². The lowest BCUT2D eigenvalue weighted by atomic mass is 10.3. The first-order chi connectivity index (χ1) is 6.20. The molecule has 0 aliphatic heterocycles. The van der Waals surface area contributed by atoms with Crippen molar-refractivity contribution in [3.8, 4) is 0 Å². The van der Waals surface area contributed by atoms with Crippen LogP contribution in [0.5, 0.6) is 0 Å². The summed E-state index contributed by atoms with van der Waals surface area (Å²) < 4.78 is 0. The van der Waals surface area contributed by atoms with Gasteiger partial charge in [0.1, 0.15) is 0 Å². The molecule has 0 spiro atoms. The SMILES string of the molecule is C[C@H](N/C=C/C(=O)O)c1cccs1. The van der Waals surface area contributed by atoms with E-state index in [1.165, 1.54) is 11.1 Å². The Morgan fingerprint density at radius 1 is 1.77 bits per heavy atom. The lowest BCUT2D eigenvalue weighted by molar-refractivity contribution is -0.131. The molecule has 0 fully saturated rings. The van der Waals surface area contributed by atoms with E-state index in [0.29, 0.717) is 0 Å². The molecule has 0 saturated carbocycles. The average molecular weight is 197 g/mol. The third-order valence-electron chi connectivity index (χ3n) is 1.54. The summed E-state index contributed by atoms with van der Waals surface area (Å²) in [5.41, 5.74) is 0. The molecular formula is C9H11NO2S. The zero-order valence-electron chi connectivity index (χ0n) is 7.23. The molecule has 3 nitrogen and oxygen atoms in total. The number of thiophene rings is 1. The fourth-order valence-electron chi connectivity index (χ4n) is 0.884. The smallest absolute Gasteiger partial charge is 0.329 e. The molecule has 1 rings (SSSR count). The normalized spacial score (nSPS) is 13.0. The number of hydrogen-bond donors (Lipinski definition) is 2. The number of carbonyl (C=O) groups is 1. The van der Waals surface area contributed by atoms with Gasteiger partial charge in [-0.1, -0.05) is 6.07 Å². The van der Waals surface area contributed by atoms with E-state index in [0.717, 1.165) is 6.08 Å². The number of hydrogen-bond acceptors (Lipinski definition) is 3. The molecule has 0 bridgehead atoms. The van der Waals surface area contributed by atoms with Gasteiger partial charge in [0.25, 0.3) is 0 Å². The van der Waals surface area contributed by atoms with E-state index in [2.05, 4.69) is 5.32 Å². The molecule has 0 aromatic carbocycles. The van der Waals surface area contributed by atoms with Gasteiger partial charge in [0, 0.05) is 17.2 Å². The number of aliphatic carboxylic acids is 1. The predicted molar refractivity (Wildman–Crippen MR) is 52.6 cm³/mol. The van der Waals surface area contributed by atoms with Crippen molar-refractivity contribution in [2.75, 3.05) is 0 Å². The van der Waals surface area contributed by atoms with Crippen molar-refractivity contribution in [2.24, 2.45) is 0 Å². The van der Waals surface area contributed by atoms with Crippen LogP contribution in [0.3, 0.4) is 0 Å². The Bertz CT molecular complexity index is 293. The van der Waals surface area contributed by atoms with E-state index < -0.39 is 5.97 Å². The van der Waals surface area contributed by atoms with E-state index in [1.54, 1.807) is 11.3 Å². The number of carboxylic acid groups (broad SMARTS) is 1. The summed E-state index contributed by atoms with van der Waals surface area (Å²) in [6.45, 7) is 1.98. The molecule has 1 atom stereocenters. The van der Waals surface area contributed by atoms with Gasteiger partial charge in [0.2, 0.25) is 0 Å². The lowest BCUT2D eigenvalue weighted by Gasteiger charge is -2.08. The average Bonchev–Trinajstić information content (AvgIpc) is 2.55. The van der Waals surface area contributed by atoms with Crippen LogP contribution < -0.4 is 5.32 Å². The highest BCUT2D eigenvalue weighted by Crippen LogP contribution is 2.17. The van der Waals surface area contributed by atoms with Crippen LogP contribution >= 0.6 is 11.3 Å². The first-order valence-corrected chi connectivity index (χ1v) is 4.77. The van der Waals surface area contributed by atoms with Gasteiger partial charge in [-0.15, -0.1) is 11.3 Å². The third-order valence-corrected chi connectivity index (χ3v) is 2.60.